The second kappa shape index (κ2) is 7.70. The van der Waals surface area contributed by atoms with E-state index in [0.29, 0.717) is 31.3 Å². The van der Waals surface area contributed by atoms with E-state index in [9.17, 15) is 9.18 Å². The summed E-state index contributed by atoms with van der Waals surface area (Å²) in [5.41, 5.74) is 7.15. The normalized spacial score (nSPS) is 22.2. The molecule has 1 heterocycles. The lowest BCUT2D eigenvalue weighted by atomic mass is 9.92. The van der Waals surface area contributed by atoms with Crippen molar-refractivity contribution >= 4 is 5.91 Å². The first-order valence-electron chi connectivity index (χ1n) is 7.95. The van der Waals surface area contributed by atoms with Crippen LogP contribution in [0.25, 0.3) is 0 Å². The van der Waals surface area contributed by atoms with Gasteiger partial charge < -0.3 is 11.1 Å². The second-order valence-corrected chi connectivity index (χ2v) is 6.49. The standard InChI is InChI=1S/C17H26FN3O/c1-12(2)15-9-21(10-16(15)19)11-17(22)20-8-7-13-3-5-14(18)6-4-13/h3-6,12,15-16H,7-11,19H2,1-2H3,(H,20,22)/t15-,16+/m0/s1. The van der Waals surface area contributed by atoms with Gasteiger partial charge in [0.15, 0.2) is 0 Å². The van der Waals surface area contributed by atoms with Crippen LogP contribution >= 0.6 is 0 Å². The molecular formula is C17H26FN3O. The van der Waals surface area contributed by atoms with Gasteiger partial charge in [-0.05, 0) is 36.0 Å². The maximum atomic E-state index is 12.8. The smallest absolute Gasteiger partial charge is 0.234 e. The van der Waals surface area contributed by atoms with E-state index in [1.165, 1.54) is 12.1 Å². The number of nitrogens with one attached hydrogen (secondary N) is 1. The molecule has 0 radical (unpaired) electrons. The number of carbonyl (C=O) groups excluding carboxylic acids is 1. The van der Waals surface area contributed by atoms with Crippen LogP contribution in [0.4, 0.5) is 4.39 Å². The lowest BCUT2D eigenvalue weighted by Gasteiger charge is -2.18. The number of amides is 1. The molecule has 1 amide bonds. The maximum Gasteiger partial charge on any atom is 0.234 e. The molecule has 1 aliphatic heterocycles. The van der Waals surface area contributed by atoms with Gasteiger partial charge in [-0.3, -0.25) is 9.69 Å². The lowest BCUT2D eigenvalue weighted by molar-refractivity contribution is -0.122. The highest BCUT2D eigenvalue weighted by molar-refractivity contribution is 5.78. The number of halogens is 1. The van der Waals surface area contributed by atoms with E-state index in [4.69, 9.17) is 5.73 Å². The van der Waals surface area contributed by atoms with Crippen molar-refractivity contribution in [3.05, 3.63) is 35.6 Å². The molecule has 0 bridgehead atoms. The number of nitrogens with zero attached hydrogens (tertiary/aromatic N) is 1. The summed E-state index contributed by atoms with van der Waals surface area (Å²) in [6, 6.07) is 6.53. The molecule has 0 unspecified atom stereocenters. The van der Waals surface area contributed by atoms with E-state index in [1.54, 1.807) is 12.1 Å². The predicted molar refractivity (Wildman–Crippen MR) is 85.9 cm³/mol. The van der Waals surface area contributed by atoms with Gasteiger partial charge >= 0.3 is 0 Å². The van der Waals surface area contributed by atoms with Crippen LogP contribution in [0.5, 0.6) is 0 Å². The van der Waals surface area contributed by atoms with E-state index < -0.39 is 0 Å². The fourth-order valence-electron chi connectivity index (χ4n) is 3.03. The summed E-state index contributed by atoms with van der Waals surface area (Å²) < 4.78 is 12.8. The summed E-state index contributed by atoms with van der Waals surface area (Å²) in [5.74, 6) is 0.796. The van der Waals surface area contributed by atoms with Crippen LogP contribution in [0.15, 0.2) is 24.3 Å². The first-order chi connectivity index (χ1) is 10.5. The fourth-order valence-corrected chi connectivity index (χ4v) is 3.03. The molecule has 5 heteroatoms. The van der Waals surface area contributed by atoms with Crippen LogP contribution in [-0.2, 0) is 11.2 Å². The number of hydrogen-bond donors (Lipinski definition) is 2. The molecule has 2 atom stereocenters. The van der Waals surface area contributed by atoms with E-state index in [0.717, 1.165) is 18.7 Å². The Bertz CT molecular complexity index is 489. The third-order valence-electron chi connectivity index (χ3n) is 4.36. The summed E-state index contributed by atoms with van der Waals surface area (Å²) in [5, 5.41) is 2.92. The Labute approximate surface area is 131 Å². The maximum absolute atomic E-state index is 12.8. The lowest BCUT2D eigenvalue weighted by Crippen LogP contribution is -2.38. The SMILES string of the molecule is CC(C)[C@@H]1CN(CC(=O)NCCc2ccc(F)cc2)C[C@H]1N. The van der Waals surface area contributed by atoms with E-state index in [2.05, 4.69) is 24.1 Å². The van der Waals surface area contributed by atoms with Crippen molar-refractivity contribution in [3.8, 4) is 0 Å². The second-order valence-electron chi connectivity index (χ2n) is 6.49. The minimum absolute atomic E-state index is 0.0266. The van der Waals surface area contributed by atoms with Crippen LogP contribution in [-0.4, -0.2) is 43.0 Å². The van der Waals surface area contributed by atoms with Gasteiger partial charge in [-0.25, -0.2) is 4.39 Å². The Hall–Kier alpha value is -1.46. The summed E-state index contributed by atoms with van der Waals surface area (Å²) in [4.78, 5) is 14.1. The van der Waals surface area contributed by atoms with Crippen molar-refractivity contribution in [3.63, 3.8) is 0 Å². The molecule has 4 nitrogen and oxygen atoms in total. The average molecular weight is 307 g/mol. The molecular weight excluding hydrogens is 281 g/mol. The topological polar surface area (TPSA) is 58.4 Å². The molecule has 1 aliphatic rings. The molecule has 22 heavy (non-hydrogen) atoms. The van der Waals surface area contributed by atoms with Gasteiger partial charge in [-0.2, -0.15) is 0 Å². The van der Waals surface area contributed by atoms with Gasteiger partial charge in [0.2, 0.25) is 5.91 Å². The molecule has 0 saturated carbocycles. The predicted octanol–water partition coefficient (Wildman–Crippen LogP) is 1.40. The number of rotatable bonds is 6. The van der Waals surface area contributed by atoms with Crippen LogP contribution in [0, 0.1) is 17.7 Å². The van der Waals surface area contributed by atoms with Crippen molar-refractivity contribution in [2.45, 2.75) is 26.3 Å². The van der Waals surface area contributed by atoms with Crippen LogP contribution in [0.3, 0.4) is 0 Å². The highest BCUT2D eigenvalue weighted by atomic mass is 19.1. The monoisotopic (exact) mass is 307 g/mol. The molecule has 1 fully saturated rings. The zero-order chi connectivity index (χ0) is 16.1. The highest BCUT2D eigenvalue weighted by Crippen LogP contribution is 2.22. The first kappa shape index (κ1) is 16.9. The van der Waals surface area contributed by atoms with Gasteiger partial charge in [0, 0.05) is 25.7 Å². The van der Waals surface area contributed by atoms with Gasteiger partial charge in [-0.15, -0.1) is 0 Å². The summed E-state index contributed by atoms with van der Waals surface area (Å²) in [7, 11) is 0. The van der Waals surface area contributed by atoms with Crippen molar-refractivity contribution in [1.82, 2.24) is 10.2 Å². The summed E-state index contributed by atoms with van der Waals surface area (Å²) in [6.45, 7) is 7.00. The Morgan fingerprint density at radius 1 is 1.36 bits per heavy atom. The van der Waals surface area contributed by atoms with Gasteiger partial charge in [0.1, 0.15) is 5.82 Å². The first-order valence-corrected chi connectivity index (χ1v) is 7.95. The fraction of sp³-hybridized carbons (Fsp3) is 0.588. The largest absolute Gasteiger partial charge is 0.355 e. The Morgan fingerprint density at radius 3 is 2.64 bits per heavy atom. The van der Waals surface area contributed by atoms with Crippen molar-refractivity contribution in [2.75, 3.05) is 26.2 Å². The van der Waals surface area contributed by atoms with Crippen LogP contribution < -0.4 is 11.1 Å². The van der Waals surface area contributed by atoms with Crippen LogP contribution in [0.2, 0.25) is 0 Å². The molecule has 0 spiro atoms. The van der Waals surface area contributed by atoms with Crippen molar-refractivity contribution in [2.24, 2.45) is 17.6 Å². The summed E-state index contributed by atoms with van der Waals surface area (Å²) >= 11 is 0. The Morgan fingerprint density at radius 2 is 2.05 bits per heavy atom. The molecule has 0 aromatic heterocycles. The molecule has 2 rings (SSSR count). The zero-order valence-electron chi connectivity index (χ0n) is 13.4. The number of hydrogen-bond acceptors (Lipinski definition) is 3. The number of likely N-dealkylation sites (tertiary alicyclic amines) is 1. The third-order valence-corrected chi connectivity index (χ3v) is 4.36. The van der Waals surface area contributed by atoms with Crippen molar-refractivity contribution < 1.29 is 9.18 Å². The van der Waals surface area contributed by atoms with Crippen molar-refractivity contribution in [1.29, 1.82) is 0 Å². The minimum Gasteiger partial charge on any atom is -0.355 e. The summed E-state index contributed by atoms with van der Waals surface area (Å²) in [6.07, 6.45) is 0.708. The van der Waals surface area contributed by atoms with Gasteiger partial charge in [0.25, 0.3) is 0 Å². The Kier molecular flexibility index (Phi) is 5.91. The van der Waals surface area contributed by atoms with Gasteiger partial charge in [0.05, 0.1) is 6.54 Å². The van der Waals surface area contributed by atoms with E-state index >= 15 is 0 Å². The number of nitrogens with two attached hydrogens (primary N) is 1. The van der Waals surface area contributed by atoms with E-state index in [-0.39, 0.29) is 17.8 Å². The molecule has 122 valence electrons. The van der Waals surface area contributed by atoms with Gasteiger partial charge in [-0.1, -0.05) is 26.0 Å². The zero-order valence-corrected chi connectivity index (χ0v) is 13.4. The molecule has 1 aromatic carbocycles. The number of carbonyl (C=O) groups is 1. The van der Waals surface area contributed by atoms with Crippen LogP contribution in [0.1, 0.15) is 19.4 Å². The molecule has 0 aliphatic carbocycles. The minimum atomic E-state index is -0.238. The molecule has 1 saturated heterocycles. The van der Waals surface area contributed by atoms with E-state index in [1.807, 2.05) is 0 Å². The Balaban J connectivity index is 1.69. The quantitative estimate of drug-likeness (QED) is 0.835. The number of benzene rings is 1. The highest BCUT2D eigenvalue weighted by Gasteiger charge is 2.32. The third kappa shape index (κ3) is 4.78. The average Bonchev–Trinajstić information content (AvgIpc) is 2.82. The molecule has 3 N–H and O–H groups in total. The molecule has 1 aromatic rings.